The third kappa shape index (κ3) is 10.2. The molecule has 0 saturated heterocycles. The number of rotatable bonds is 12. The van der Waals surface area contributed by atoms with Crippen molar-refractivity contribution in [1.82, 2.24) is 25.0 Å². The van der Waals surface area contributed by atoms with E-state index in [-0.39, 0.29) is 39.9 Å². The zero-order valence-corrected chi connectivity index (χ0v) is 32.1. The summed E-state index contributed by atoms with van der Waals surface area (Å²) in [7, 11) is -8.11. The summed E-state index contributed by atoms with van der Waals surface area (Å²) in [5.74, 6) is -0.604. The number of urea groups is 2. The number of pyridine rings is 3. The Bertz CT molecular complexity index is 2590. The summed E-state index contributed by atoms with van der Waals surface area (Å²) in [5.41, 5.74) is 3.19. The smallest absolute Gasteiger partial charge is 0.306 e. The van der Waals surface area contributed by atoms with Crippen molar-refractivity contribution < 1.29 is 30.8 Å². The molecule has 0 saturated carbocycles. The molecule has 0 bridgehead atoms. The van der Waals surface area contributed by atoms with Crippen LogP contribution in [0.3, 0.4) is 0 Å². The number of sulfonamides is 2. The normalized spacial score (nSPS) is 11.3. The molecule has 0 atom stereocenters. The van der Waals surface area contributed by atoms with E-state index in [1.807, 2.05) is 0 Å². The maximum atomic E-state index is 14.1. The van der Waals surface area contributed by atoms with E-state index in [2.05, 4.69) is 35.0 Å². The van der Waals surface area contributed by atoms with Crippen molar-refractivity contribution in [3.8, 4) is 0 Å². The quantitative estimate of drug-likeness (QED) is 0.0950. The van der Waals surface area contributed by atoms with Gasteiger partial charge in [0.15, 0.2) is 0 Å². The molecule has 6 rings (SSSR count). The first-order chi connectivity index (χ1) is 27.3. The lowest BCUT2D eigenvalue weighted by Gasteiger charge is -2.35. The summed E-state index contributed by atoms with van der Waals surface area (Å²) >= 11 is 0. The molecule has 0 radical (unpaired) electrons. The summed E-state index contributed by atoms with van der Waals surface area (Å²) < 4.78 is 71.2. The van der Waals surface area contributed by atoms with Gasteiger partial charge < -0.3 is 10.6 Å². The summed E-state index contributed by atoms with van der Waals surface area (Å²) in [5, 5.41) is 7.78. The monoisotopic (exact) mass is 809 g/mol. The van der Waals surface area contributed by atoms with Crippen LogP contribution in [0, 0.1) is 19.7 Å². The van der Waals surface area contributed by atoms with Crippen LogP contribution in [-0.2, 0) is 33.1 Å². The molecule has 292 valence electrons. The van der Waals surface area contributed by atoms with Crippen LogP contribution >= 0.6 is 0 Å². The van der Waals surface area contributed by atoms with Gasteiger partial charge in [-0.25, -0.2) is 40.8 Å². The summed E-state index contributed by atoms with van der Waals surface area (Å²) in [6.07, 6.45) is 9.20. The second-order valence-corrected chi connectivity index (χ2v) is 16.0. The number of carbonyl (C=O) groups excluding carboxylic acids is 2. The SMILES string of the molecule is Cc1cnccc1NS(=O)(=O)c1ccc(NC(=O)N(Cc2cccnc2)N(Cc2cccnc2)C(=O)Nc2ccc(S(=O)(=O)Nc3cc(F)ccc3C)cc2)cc1. The number of amides is 4. The van der Waals surface area contributed by atoms with Gasteiger partial charge in [-0.2, -0.15) is 0 Å². The molecule has 57 heavy (non-hydrogen) atoms. The second kappa shape index (κ2) is 17.3. The van der Waals surface area contributed by atoms with Gasteiger partial charge in [-0.15, -0.1) is 0 Å². The average molecular weight is 810 g/mol. The number of hydrogen-bond donors (Lipinski definition) is 4. The highest BCUT2D eigenvalue weighted by Crippen LogP contribution is 2.24. The molecule has 0 aliphatic heterocycles. The number of aryl methyl sites for hydroxylation is 2. The minimum absolute atomic E-state index is 0.0554. The van der Waals surface area contributed by atoms with Crippen LogP contribution in [0.2, 0.25) is 0 Å². The van der Waals surface area contributed by atoms with E-state index in [9.17, 15) is 30.8 Å². The van der Waals surface area contributed by atoms with Gasteiger partial charge in [-0.1, -0.05) is 18.2 Å². The highest BCUT2D eigenvalue weighted by Gasteiger charge is 2.28. The van der Waals surface area contributed by atoms with Crippen molar-refractivity contribution in [2.45, 2.75) is 36.7 Å². The van der Waals surface area contributed by atoms with E-state index in [0.29, 0.717) is 27.9 Å². The molecule has 4 N–H and O–H groups in total. The van der Waals surface area contributed by atoms with Gasteiger partial charge in [0.05, 0.1) is 34.3 Å². The molecule has 0 aliphatic rings. The van der Waals surface area contributed by atoms with Crippen molar-refractivity contribution >= 4 is 54.9 Å². The van der Waals surface area contributed by atoms with Crippen molar-refractivity contribution in [1.29, 1.82) is 0 Å². The standard InChI is InChI=1S/C39H36FN9O6S2/c1-27-7-8-31(40)21-37(27)47-57(54,55)35-15-11-33(12-16-35)45-39(51)49(26-30-6-4-19-42-24-30)48(25-29-5-3-18-41-23-29)38(50)44-32-9-13-34(14-10-32)56(52,53)46-36-17-20-43-22-28(36)2/h3-24,47H,25-26H2,1-2H3,(H,43,46)(H,44,50)(H,45,51). The predicted molar refractivity (Wildman–Crippen MR) is 212 cm³/mol. The Kier molecular flexibility index (Phi) is 12.0. The van der Waals surface area contributed by atoms with Gasteiger partial charge in [0.1, 0.15) is 5.82 Å². The molecule has 0 spiro atoms. The number of carbonyl (C=O) groups is 2. The lowest BCUT2D eigenvalue weighted by Crippen LogP contribution is -2.52. The number of hydrazine groups is 1. The lowest BCUT2D eigenvalue weighted by atomic mass is 10.2. The first kappa shape index (κ1) is 39.8. The van der Waals surface area contributed by atoms with Crippen LogP contribution in [0.4, 0.5) is 36.7 Å². The summed E-state index contributed by atoms with van der Waals surface area (Å²) in [6.45, 7) is 3.10. The minimum atomic E-state index is -4.12. The first-order valence-corrected chi connectivity index (χ1v) is 20.1. The zero-order valence-electron chi connectivity index (χ0n) is 30.5. The van der Waals surface area contributed by atoms with Crippen LogP contribution in [-0.4, -0.2) is 53.9 Å². The Balaban J connectivity index is 1.25. The maximum Gasteiger partial charge on any atom is 0.341 e. The average Bonchev–Trinajstić information content (AvgIpc) is 3.19. The molecule has 15 nitrogen and oxygen atoms in total. The van der Waals surface area contributed by atoms with Gasteiger partial charge in [0.25, 0.3) is 20.0 Å². The van der Waals surface area contributed by atoms with Crippen LogP contribution in [0.1, 0.15) is 22.3 Å². The zero-order chi connectivity index (χ0) is 40.6. The first-order valence-electron chi connectivity index (χ1n) is 17.1. The van der Waals surface area contributed by atoms with E-state index >= 15 is 0 Å². The molecule has 6 aromatic rings. The number of benzene rings is 3. The third-order valence-electron chi connectivity index (χ3n) is 8.41. The van der Waals surface area contributed by atoms with Crippen LogP contribution in [0.5, 0.6) is 0 Å². The fourth-order valence-corrected chi connectivity index (χ4v) is 7.63. The molecule has 4 amide bonds. The van der Waals surface area contributed by atoms with E-state index in [0.717, 1.165) is 16.1 Å². The Morgan fingerprint density at radius 1 is 0.579 bits per heavy atom. The fourth-order valence-electron chi connectivity index (χ4n) is 5.37. The van der Waals surface area contributed by atoms with Gasteiger partial charge in [-0.3, -0.25) is 24.4 Å². The van der Waals surface area contributed by atoms with Crippen molar-refractivity contribution in [2.24, 2.45) is 0 Å². The van der Waals surface area contributed by atoms with Gasteiger partial charge in [0.2, 0.25) is 0 Å². The molecule has 18 heteroatoms. The molecule has 3 heterocycles. The van der Waals surface area contributed by atoms with Gasteiger partial charge >= 0.3 is 12.1 Å². The van der Waals surface area contributed by atoms with Crippen molar-refractivity contribution in [3.63, 3.8) is 0 Å². The molecule has 3 aromatic carbocycles. The fraction of sp³-hybridized carbons (Fsp3) is 0.103. The number of anilines is 4. The van der Waals surface area contributed by atoms with Crippen LogP contribution in [0.15, 0.2) is 144 Å². The largest absolute Gasteiger partial charge is 0.341 e. The highest BCUT2D eigenvalue weighted by molar-refractivity contribution is 7.93. The van der Waals surface area contributed by atoms with E-state index in [4.69, 9.17) is 0 Å². The lowest BCUT2D eigenvalue weighted by molar-refractivity contribution is 0.0466. The highest BCUT2D eigenvalue weighted by atomic mass is 32.2. The molecule has 0 unspecified atom stereocenters. The Morgan fingerprint density at radius 2 is 1.05 bits per heavy atom. The topological polar surface area (TPSA) is 196 Å². The molecule has 0 aliphatic carbocycles. The molecular weight excluding hydrogens is 774 g/mol. The number of nitrogens with zero attached hydrogens (tertiary/aromatic N) is 5. The van der Waals surface area contributed by atoms with Crippen LogP contribution in [0.25, 0.3) is 0 Å². The minimum Gasteiger partial charge on any atom is -0.306 e. The van der Waals surface area contributed by atoms with E-state index in [1.165, 1.54) is 85.5 Å². The summed E-state index contributed by atoms with van der Waals surface area (Å²) in [4.78, 5) is 40.3. The van der Waals surface area contributed by atoms with Crippen molar-refractivity contribution in [3.05, 3.63) is 162 Å². The van der Waals surface area contributed by atoms with Crippen LogP contribution < -0.4 is 20.1 Å². The Labute approximate surface area is 328 Å². The number of nitrogens with one attached hydrogen (secondary N) is 4. The number of aromatic nitrogens is 3. The van der Waals surface area contributed by atoms with E-state index in [1.54, 1.807) is 56.6 Å². The number of halogens is 1. The van der Waals surface area contributed by atoms with Crippen molar-refractivity contribution in [2.75, 3.05) is 20.1 Å². The van der Waals surface area contributed by atoms with Gasteiger partial charge in [-0.05, 0) is 115 Å². The molecule has 3 aromatic heterocycles. The Hall–Kier alpha value is -6.92. The Morgan fingerprint density at radius 3 is 1.51 bits per heavy atom. The molecular formula is C39H36FN9O6S2. The number of hydrogen-bond acceptors (Lipinski definition) is 9. The summed E-state index contributed by atoms with van der Waals surface area (Å²) in [6, 6.07) is 21.4. The second-order valence-electron chi connectivity index (χ2n) is 12.6. The van der Waals surface area contributed by atoms with E-state index < -0.39 is 37.9 Å². The molecule has 0 fully saturated rings. The predicted octanol–water partition coefficient (Wildman–Crippen LogP) is 6.91. The third-order valence-corrected chi connectivity index (χ3v) is 11.2. The van der Waals surface area contributed by atoms with Gasteiger partial charge in [0, 0.05) is 48.6 Å². The maximum absolute atomic E-state index is 14.1.